The molecule has 0 radical (unpaired) electrons. The first-order valence-corrected chi connectivity index (χ1v) is 6.99. The van der Waals surface area contributed by atoms with Crippen molar-refractivity contribution in [3.05, 3.63) is 0 Å². The summed E-state index contributed by atoms with van der Waals surface area (Å²) in [4.78, 5) is 12.5. The van der Waals surface area contributed by atoms with Crippen LogP contribution in [0, 0.1) is 17.3 Å². The molecule has 0 saturated heterocycles. The summed E-state index contributed by atoms with van der Waals surface area (Å²) in [6.07, 6.45) is 8.66. The first-order chi connectivity index (χ1) is 8.23. The molecule has 3 heteroatoms. The van der Waals surface area contributed by atoms with Crippen molar-refractivity contribution in [3.63, 3.8) is 0 Å². The lowest BCUT2D eigenvalue weighted by Gasteiger charge is -2.40. The molecular weight excluding hydrogens is 216 g/mol. The second kappa shape index (κ2) is 5.49. The van der Waals surface area contributed by atoms with Crippen LogP contribution < -0.4 is 0 Å². The molecular formula is C14H24O3. The van der Waals surface area contributed by atoms with Gasteiger partial charge in [0.15, 0.2) is 0 Å². The SMILES string of the molecule is O=C1[C@H](C2CCCCC2)CCCC1(CO)CO. The first-order valence-electron chi connectivity index (χ1n) is 6.99. The van der Waals surface area contributed by atoms with Crippen molar-refractivity contribution in [2.24, 2.45) is 17.3 Å². The maximum absolute atomic E-state index is 12.5. The molecule has 2 aliphatic carbocycles. The van der Waals surface area contributed by atoms with Crippen LogP contribution in [0.2, 0.25) is 0 Å². The van der Waals surface area contributed by atoms with Gasteiger partial charge in [-0.3, -0.25) is 4.79 Å². The first kappa shape index (κ1) is 13.0. The zero-order chi connectivity index (χ0) is 12.3. The van der Waals surface area contributed by atoms with E-state index in [0.29, 0.717) is 12.3 Å². The van der Waals surface area contributed by atoms with Crippen molar-refractivity contribution in [2.45, 2.75) is 51.4 Å². The highest BCUT2D eigenvalue weighted by Gasteiger charge is 2.46. The number of aliphatic hydroxyl groups excluding tert-OH is 2. The van der Waals surface area contributed by atoms with Gasteiger partial charge in [0.2, 0.25) is 0 Å². The number of carbonyl (C=O) groups is 1. The van der Waals surface area contributed by atoms with Gasteiger partial charge >= 0.3 is 0 Å². The van der Waals surface area contributed by atoms with E-state index >= 15 is 0 Å². The number of hydrogen-bond acceptors (Lipinski definition) is 3. The Kier molecular flexibility index (Phi) is 4.21. The predicted octanol–water partition coefficient (Wildman–Crippen LogP) is 1.91. The average Bonchev–Trinajstić information content (AvgIpc) is 2.40. The van der Waals surface area contributed by atoms with Gasteiger partial charge in [0.25, 0.3) is 0 Å². The molecule has 2 rings (SSSR count). The van der Waals surface area contributed by atoms with E-state index in [2.05, 4.69) is 0 Å². The monoisotopic (exact) mass is 240 g/mol. The van der Waals surface area contributed by atoms with Gasteiger partial charge in [0.1, 0.15) is 5.78 Å². The smallest absolute Gasteiger partial charge is 0.146 e. The highest BCUT2D eigenvalue weighted by Crippen LogP contribution is 2.42. The van der Waals surface area contributed by atoms with Gasteiger partial charge in [-0.15, -0.1) is 0 Å². The molecule has 0 spiro atoms. The van der Waals surface area contributed by atoms with Crippen LogP contribution in [0.4, 0.5) is 0 Å². The molecule has 0 aromatic carbocycles. The minimum Gasteiger partial charge on any atom is -0.395 e. The number of rotatable bonds is 3. The Labute approximate surface area is 103 Å². The molecule has 0 bridgehead atoms. The topological polar surface area (TPSA) is 57.5 Å². The van der Waals surface area contributed by atoms with E-state index in [1.807, 2.05) is 0 Å². The Hall–Kier alpha value is -0.410. The van der Waals surface area contributed by atoms with Gasteiger partial charge in [0.05, 0.1) is 18.6 Å². The van der Waals surface area contributed by atoms with Gasteiger partial charge in [0, 0.05) is 5.92 Å². The van der Waals surface area contributed by atoms with Crippen molar-refractivity contribution >= 4 is 5.78 Å². The molecule has 0 aromatic rings. The molecule has 2 aliphatic rings. The summed E-state index contributed by atoms with van der Waals surface area (Å²) in [7, 11) is 0. The summed E-state index contributed by atoms with van der Waals surface area (Å²) < 4.78 is 0. The highest BCUT2D eigenvalue weighted by atomic mass is 16.3. The zero-order valence-corrected chi connectivity index (χ0v) is 10.5. The molecule has 2 N–H and O–H groups in total. The molecule has 0 heterocycles. The number of carbonyl (C=O) groups excluding carboxylic acids is 1. The van der Waals surface area contributed by atoms with Gasteiger partial charge in [-0.25, -0.2) is 0 Å². The Morgan fingerprint density at radius 1 is 1.00 bits per heavy atom. The standard InChI is InChI=1S/C14H24O3/c15-9-14(10-16)8-4-7-12(13(14)17)11-5-2-1-3-6-11/h11-12,15-16H,1-10H2/t12-/m0/s1. The van der Waals surface area contributed by atoms with Crippen molar-refractivity contribution < 1.29 is 15.0 Å². The minimum atomic E-state index is -0.833. The molecule has 0 aliphatic heterocycles. The lowest BCUT2D eigenvalue weighted by molar-refractivity contribution is -0.145. The van der Waals surface area contributed by atoms with E-state index in [-0.39, 0.29) is 24.9 Å². The fraction of sp³-hybridized carbons (Fsp3) is 0.929. The van der Waals surface area contributed by atoms with Crippen LogP contribution >= 0.6 is 0 Å². The Morgan fingerprint density at radius 3 is 2.24 bits per heavy atom. The quantitative estimate of drug-likeness (QED) is 0.792. The van der Waals surface area contributed by atoms with E-state index in [4.69, 9.17) is 0 Å². The minimum absolute atomic E-state index is 0.100. The van der Waals surface area contributed by atoms with Gasteiger partial charge in [-0.2, -0.15) is 0 Å². The number of aliphatic hydroxyl groups is 2. The maximum atomic E-state index is 12.5. The second-order valence-corrected chi connectivity index (χ2v) is 5.86. The Morgan fingerprint density at radius 2 is 1.65 bits per heavy atom. The summed E-state index contributed by atoms with van der Waals surface area (Å²) in [5.74, 6) is 0.748. The van der Waals surface area contributed by atoms with Crippen molar-refractivity contribution in [2.75, 3.05) is 13.2 Å². The van der Waals surface area contributed by atoms with E-state index in [1.54, 1.807) is 0 Å². The lowest BCUT2D eigenvalue weighted by atomic mass is 9.63. The normalized spacial score (nSPS) is 30.5. The van der Waals surface area contributed by atoms with Crippen LogP contribution in [0.3, 0.4) is 0 Å². The van der Waals surface area contributed by atoms with Crippen molar-refractivity contribution in [3.8, 4) is 0 Å². The molecule has 98 valence electrons. The van der Waals surface area contributed by atoms with Crippen molar-refractivity contribution in [1.82, 2.24) is 0 Å². The van der Waals surface area contributed by atoms with Crippen LogP contribution in [-0.4, -0.2) is 29.2 Å². The fourth-order valence-electron chi connectivity index (χ4n) is 3.66. The van der Waals surface area contributed by atoms with Crippen LogP contribution in [0.15, 0.2) is 0 Å². The summed E-state index contributed by atoms with van der Waals surface area (Å²) in [6.45, 7) is -0.378. The number of hydrogen-bond donors (Lipinski definition) is 2. The lowest BCUT2D eigenvalue weighted by Crippen LogP contribution is -2.47. The molecule has 17 heavy (non-hydrogen) atoms. The third-order valence-corrected chi connectivity index (χ3v) is 4.85. The van der Waals surface area contributed by atoms with Gasteiger partial charge < -0.3 is 10.2 Å². The summed E-state index contributed by atoms with van der Waals surface area (Å²) in [6, 6.07) is 0. The van der Waals surface area contributed by atoms with Crippen molar-refractivity contribution in [1.29, 1.82) is 0 Å². The predicted molar refractivity (Wildman–Crippen MR) is 65.5 cm³/mol. The third-order valence-electron chi connectivity index (χ3n) is 4.85. The van der Waals surface area contributed by atoms with E-state index in [1.165, 1.54) is 19.3 Å². The van der Waals surface area contributed by atoms with Gasteiger partial charge in [-0.1, -0.05) is 25.7 Å². The molecule has 1 atom stereocenters. The fourth-order valence-corrected chi connectivity index (χ4v) is 3.66. The Bertz CT molecular complexity index is 265. The molecule has 2 saturated carbocycles. The molecule has 0 unspecified atom stereocenters. The van der Waals surface area contributed by atoms with Crippen LogP contribution in [0.1, 0.15) is 51.4 Å². The average molecular weight is 240 g/mol. The summed E-state index contributed by atoms with van der Waals surface area (Å²) in [5.41, 5.74) is -0.833. The van der Waals surface area contributed by atoms with Crippen LogP contribution in [0.25, 0.3) is 0 Å². The third kappa shape index (κ3) is 2.41. The van der Waals surface area contributed by atoms with E-state index in [9.17, 15) is 15.0 Å². The van der Waals surface area contributed by atoms with E-state index < -0.39 is 5.41 Å². The maximum Gasteiger partial charge on any atom is 0.146 e. The van der Waals surface area contributed by atoms with Gasteiger partial charge in [-0.05, 0) is 31.6 Å². The summed E-state index contributed by atoms with van der Waals surface area (Å²) >= 11 is 0. The summed E-state index contributed by atoms with van der Waals surface area (Å²) in [5, 5.41) is 18.9. The Balaban J connectivity index is 2.09. The largest absolute Gasteiger partial charge is 0.395 e. The van der Waals surface area contributed by atoms with Crippen LogP contribution in [-0.2, 0) is 4.79 Å². The molecule has 0 amide bonds. The highest BCUT2D eigenvalue weighted by molar-refractivity contribution is 5.88. The molecule has 2 fully saturated rings. The number of Topliss-reactive ketones (excluding diaryl/α,β-unsaturated/α-hetero) is 1. The number of ketones is 1. The second-order valence-electron chi connectivity index (χ2n) is 5.86. The van der Waals surface area contributed by atoms with Crippen LogP contribution in [0.5, 0.6) is 0 Å². The zero-order valence-electron chi connectivity index (χ0n) is 10.5. The molecule has 0 aromatic heterocycles. The molecule has 3 nitrogen and oxygen atoms in total. The van der Waals surface area contributed by atoms with E-state index in [0.717, 1.165) is 25.7 Å².